The fraction of sp³-hybridized carbons (Fsp3) is 0.412. The van der Waals surface area contributed by atoms with Crippen LogP contribution < -0.4 is 10.1 Å². The Hall–Kier alpha value is -2.30. The molecule has 5 heteroatoms. The standard InChI is InChI=1S/C17H19NO4/c1-17(16(20)21)11-8-7-10(9-11)14(17)15(19)18-12-5-3-4-6-13(12)22-2/h3-8,10-11,14H,9H2,1-2H3,(H,18,19)(H,20,21)/t10-,11-,14-,17-/m0/s1. The van der Waals surface area contributed by atoms with Crippen LogP contribution in [-0.4, -0.2) is 24.1 Å². The summed E-state index contributed by atoms with van der Waals surface area (Å²) in [5, 5.41) is 12.5. The molecule has 0 spiro atoms. The second-order valence-electron chi connectivity index (χ2n) is 6.15. The number of carbonyl (C=O) groups excluding carboxylic acids is 1. The zero-order chi connectivity index (χ0) is 15.9. The summed E-state index contributed by atoms with van der Waals surface area (Å²) in [6.45, 7) is 1.68. The number of anilines is 1. The van der Waals surface area contributed by atoms with E-state index in [1.54, 1.807) is 25.1 Å². The Morgan fingerprint density at radius 3 is 2.73 bits per heavy atom. The number of rotatable bonds is 4. The van der Waals surface area contributed by atoms with Crippen LogP contribution in [0.2, 0.25) is 0 Å². The zero-order valence-electron chi connectivity index (χ0n) is 12.6. The summed E-state index contributed by atoms with van der Waals surface area (Å²) in [6, 6.07) is 7.12. The normalized spacial score (nSPS) is 32.0. The van der Waals surface area contributed by atoms with Crippen molar-refractivity contribution in [1.29, 1.82) is 0 Å². The van der Waals surface area contributed by atoms with Gasteiger partial charge in [0.2, 0.25) is 5.91 Å². The summed E-state index contributed by atoms with van der Waals surface area (Å²) in [4.78, 5) is 24.5. The van der Waals surface area contributed by atoms with Crippen LogP contribution in [0.25, 0.3) is 0 Å². The van der Waals surface area contributed by atoms with Gasteiger partial charge < -0.3 is 15.2 Å². The molecule has 22 heavy (non-hydrogen) atoms. The molecule has 0 unspecified atom stereocenters. The lowest BCUT2D eigenvalue weighted by Crippen LogP contribution is -2.45. The van der Waals surface area contributed by atoms with Gasteiger partial charge in [0, 0.05) is 0 Å². The molecule has 1 aromatic rings. The SMILES string of the molecule is COc1ccccc1NC(=O)[C@@H]1[C@H]2C=C[C@@H](C2)[C@]1(C)C(=O)O. The van der Waals surface area contributed by atoms with E-state index in [1.807, 2.05) is 18.2 Å². The largest absolute Gasteiger partial charge is 0.495 e. The van der Waals surface area contributed by atoms with E-state index in [-0.39, 0.29) is 17.7 Å². The summed E-state index contributed by atoms with van der Waals surface area (Å²) in [6.07, 6.45) is 4.64. The van der Waals surface area contributed by atoms with Gasteiger partial charge in [0.05, 0.1) is 24.1 Å². The van der Waals surface area contributed by atoms with Gasteiger partial charge in [-0.1, -0.05) is 24.3 Å². The van der Waals surface area contributed by atoms with Crippen LogP contribution in [0.4, 0.5) is 5.69 Å². The van der Waals surface area contributed by atoms with Crippen LogP contribution in [0.5, 0.6) is 5.75 Å². The number of allylic oxidation sites excluding steroid dienone is 2. The van der Waals surface area contributed by atoms with Crippen molar-refractivity contribution >= 4 is 17.6 Å². The van der Waals surface area contributed by atoms with E-state index in [0.29, 0.717) is 11.4 Å². The second-order valence-corrected chi connectivity index (χ2v) is 6.15. The van der Waals surface area contributed by atoms with Gasteiger partial charge >= 0.3 is 5.97 Å². The molecule has 4 atom stereocenters. The maximum Gasteiger partial charge on any atom is 0.310 e. The summed E-state index contributed by atoms with van der Waals surface area (Å²) in [7, 11) is 1.53. The number of benzene rings is 1. The predicted molar refractivity (Wildman–Crippen MR) is 81.6 cm³/mol. The Morgan fingerprint density at radius 1 is 1.32 bits per heavy atom. The Morgan fingerprint density at radius 2 is 2.05 bits per heavy atom. The first-order chi connectivity index (χ1) is 10.5. The smallest absolute Gasteiger partial charge is 0.310 e. The molecule has 1 saturated carbocycles. The van der Waals surface area contributed by atoms with Crippen molar-refractivity contribution in [3.8, 4) is 5.75 Å². The van der Waals surface area contributed by atoms with Crippen molar-refractivity contribution in [2.45, 2.75) is 13.3 Å². The minimum absolute atomic E-state index is 0.0131. The van der Waals surface area contributed by atoms with Gasteiger partial charge in [0.25, 0.3) is 0 Å². The molecular formula is C17H19NO4. The number of hydrogen-bond donors (Lipinski definition) is 2. The Kier molecular flexibility index (Phi) is 3.43. The Labute approximate surface area is 129 Å². The molecule has 5 nitrogen and oxygen atoms in total. The molecule has 1 fully saturated rings. The van der Waals surface area contributed by atoms with E-state index in [9.17, 15) is 14.7 Å². The lowest BCUT2D eigenvalue weighted by atomic mass is 9.69. The van der Waals surface area contributed by atoms with E-state index < -0.39 is 17.3 Å². The third-order valence-corrected chi connectivity index (χ3v) is 5.07. The van der Waals surface area contributed by atoms with Crippen LogP contribution in [0.1, 0.15) is 13.3 Å². The Balaban J connectivity index is 1.89. The van der Waals surface area contributed by atoms with Crippen molar-refractivity contribution in [2.75, 3.05) is 12.4 Å². The van der Waals surface area contributed by atoms with E-state index in [1.165, 1.54) is 7.11 Å². The predicted octanol–water partition coefficient (Wildman–Crippen LogP) is 2.55. The highest BCUT2D eigenvalue weighted by atomic mass is 16.5. The molecule has 1 amide bonds. The first-order valence-electron chi connectivity index (χ1n) is 7.34. The van der Waals surface area contributed by atoms with Gasteiger partial charge in [-0.2, -0.15) is 0 Å². The van der Waals surface area contributed by atoms with E-state index in [4.69, 9.17) is 4.74 Å². The van der Waals surface area contributed by atoms with Gasteiger partial charge in [-0.3, -0.25) is 9.59 Å². The first kappa shape index (κ1) is 14.6. The molecule has 0 heterocycles. The number of para-hydroxylation sites is 2. The molecule has 2 N–H and O–H groups in total. The molecule has 1 aromatic carbocycles. The highest BCUT2D eigenvalue weighted by Gasteiger charge is 2.60. The lowest BCUT2D eigenvalue weighted by Gasteiger charge is -2.33. The number of fused-ring (bicyclic) bond motifs is 2. The molecule has 2 aliphatic rings. The van der Waals surface area contributed by atoms with Crippen LogP contribution in [-0.2, 0) is 9.59 Å². The number of aliphatic carboxylic acids is 1. The Bertz CT molecular complexity index is 654. The molecule has 2 bridgehead atoms. The molecule has 0 radical (unpaired) electrons. The minimum atomic E-state index is -1.05. The maximum atomic E-state index is 12.7. The quantitative estimate of drug-likeness (QED) is 0.838. The number of hydrogen-bond acceptors (Lipinski definition) is 3. The van der Waals surface area contributed by atoms with Gasteiger partial charge in [-0.25, -0.2) is 0 Å². The van der Waals surface area contributed by atoms with Gasteiger partial charge in [-0.05, 0) is 37.3 Å². The summed E-state index contributed by atoms with van der Waals surface area (Å²) in [5.41, 5.74) is -0.486. The fourth-order valence-electron chi connectivity index (χ4n) is 3.81. The van der Waals surface area contributed by atoms with Crippen LogP contribution >= 0.6 is 0 Å². The van der Waals surface area contributed by atoms with Crippen molar-refractivity contribution in [2.24, 2.45) is 23.2 Å². The number of nitrogens with one attached hydrogen (secondary N) is 1. The molecule has 0 aromatic heterocycles. The summed E-state index contributed by atoms with van der Waals surface area (Å²) < 4.78 is 5.23. The minimum Gasteiger partial charge on any atom is -0.495 e. The molecule has 0 saturated heterocycles. The monoisotopic (exact) mass is 301 g/mol. The first-order valence-corrected chi connectivity index (χ1v) is 7.34. The van der Waals surface area contributed by atoms with E-state index >= 15 is 0 Å². The van der Waals surface area contributed by atoms with Gasteiger partial charge in [0.1, 0.15) is 5.75 Å². The third kappa shape index (κ3) is 2.00. The number of carboxylic acid groups (broad SMARTS) is 1. The van der Waals surface area contributed by atoms with E-state index in [0.717, 1.165) is 6.42 Å². The van der Waals surface area contributed by atoms with Gasteiger partial charge in [0.15, 0.2) is 0 Å². The molecular weight excluding hydrogens is 282 g/mol. The molecule has 3 rings (SSSR count). The third-order valence-electron chi connectivity index (χ3n) is 5.07. The van der Waals surface area contributed by atoms with Crippen molar-refractivity contribution in [3.05, 3.63) is 36.4 Å². The topological polar surface area (TPSA) is 75.6 Å². The van der Waals surface area contributed by atoms with E-state index in [2.05, 4.69) is 5.32 Å². The van der Waals surface area contributed by atoms with Crippen molar-refractivity contribution < 1.29 is 19.4 Å². The lowest BCUT2D eigenvalue weighted by molar-refractivity contribution is -0.155. The zero-order valence-corrected chi connectivity index (χ0v) is 12.6. The number of carbonyl (C=O) groups is 2. The average molecular weight is 301 g/mol. The van der Waals surface area contributed by atoms with Crippen molar-refractivity contribution in [3.63, 3.8) is 0 Å². The molecule has 116 valence electrons. The number of ether oxygens (including phenoxy) is 1. The molecule has 0 aliphatic heterocycles. The van der Waals surface area contributed by atoms with Crippen LogP contribution in [0.15, 0.2) is 36.4 Å². The van der Waals surface area contributed by atoms with Gasteiger partial charge in [-0.15, -0.1) is 0 Å². The highest BCUT2D eigenvalue weighted by Crippen LogP contribution is 2.56. The number of methoxy groups -OCH3 is 1. The summed E-state index contributed by atoms with van der Waals surface area (Å²) >= 11 is 0. The number of carboxylic acids is 1. The average Bonchev–Trinajstić information content (AvgIpc) is 3.07. The summed E-state index contributed by atoms with van der Waals surface area (Å²) in [5.74, 6) is -1.27. The maximum absolute atomic E-state index is 12.7. The van der Waals surface area contributed by atoms with Crippen molar-refractivity contribution in [1.82, 2.24) is 0 Å². The fourth-order valence-corrected chi connectivity index (χ4v) is 3.81. The second kappa shape index (κ2) is 5.16. The van der Waals surface area contributed by atoms with Crippen LogP contribution in [0.3, 0.4) is 0 Å². The molecule has 2 aliphatic carbocycles. The number of amides is 1. The highest BCUT2D eigenvalue weighted by molar-refractivity contribution is 5.98. The van der Waals surface area contributed by atoms with Crippen LogP contribution in [0, 0.1) is 23.2 Å².